The van der Waals surface area contributed by atoms with Gasteiger partial charge in [-0.15, -0.1) is 0 Å². The lowest BCUT2D eigenvalue weighted by Crippen LogP contribution is -2.25. The first-order valence-electron chi connectivity index (χ1n) is 6.32. The number of rotatable bonds is 2. The molecule has 2 heterocycles. The highest BCUT2D eigenvalue weighted by molar-refractivity contribution is 5.37. The first-order valence-corrected chi connectivity index (χ1v) is 6.32. The zero-order valence-corrected chi connectivity index (χ0v) is 10.7. The van der Waals surface area contributed by atoms with Crippen LogP contribution in [0.25, 0.3) is 0 Å². The van der Waals surface area contributed by atoms with Crippen LogP contribution in [-0.4, -0.2) is 16.3 Å². The van der Waals surface area contributed by atoms with Crippen molar-refractivity contribution in [2.24, 2.45) is 0 Å². The molecular formula is C14H12F2N4. The SMILES string of the molecule is N#Cc1nn(Cc2ccc(F)c(F)c2)c2c1CNCC2. The predicted octanol–water partition coefficient (Wildman–Crippen LogP) is 1.73. The van der Waals surface area contributed by atoms with Crippen LogP contribution in [0.1, 0.15) is 22.5 Å². The van der Waals surface area contributed by atoms with Gasteiger partial charge in [-0.1, -0.05) is 6.07 Å². The summed E-state index contributed by atoms with van der Waals surface area (Å²) < 4.78 is 27.9. The van der Waals surface area contributed by atoms with Gasteiger partial charge in [0, 0.05) is 30.8 Å². The zero-order valence-electron chi connectivity index (χ0n) is 10.7. The number of nitrogens with one attached hydrogen (secondary N) is 1. The largest absolute Gasteiger partial charge is 0.312 e. The summed E-state index contributed by atoms with van der Waals surface area (Å²) in [4.78, 5) is 0. The molecule has 1 aromatic carbocycles. The van der Waals surface area contributed by atoms with Crippen molar-refractivity contribution in [3.63, 3.8) is 0 Å². The molecule has 0 unspecified atom stereocenters. The van der Waals surface area contributed by atoms with E-state index >= 15 is 0 Å². The van der Waals surface area contributed by atoms with E-state index in [2.05, 4.69) is 16.5 Å². The maximum absolute atomic E-state index is 13.2. The van der Waals surface area contributed by atoms with E-state index in [1.54, 1.807) is 4.68 Å². The van der Waals surface area contributed by atoms with E-state index < -0.39 is 11.6 Å². The van der Waals surface area contributed by atoms with Crippen molar-refractivity contribution >= 4 is 0 Å². The number of halogens is 2. The summed E-state index contributed by atoms with van der Waals surface area (Å²) >= 11 is 0. The molecule has 6 heteroatoms. The Balaban J connectivity index is 1.96. The molecule has 0 saturated carbocycles. The molecular weight excluding hydrogens is 262 g/mol. The number of nitriles is 1. The van der Waals surface area contributed by atoms with Gasteiger partial charge >= 0.3 is 0 Å². The van der Waals surface area contributed by atoms with Crippen molar-refractivity contribution < 1.29 is 8.78 Å². The van der Waals surface area contributed by atoms with Crippen LogP contribution in [0.15, 0.2) is 18.2 Å². The third-order valence-electron chi connectivity index (χ3n) is 3.43. The lowest BCUT2D eigenvalue weighted by Gasteiger charge is -2.15. The number of fused-ring (bicyclic) bond motifs is 1. The van der Waals surface area contributed by atoms with E-state index in [9.17, 15) is 8.78 Å². The molecule has 0 radical (unpaired) electrons. The van der Waals surface area contributed by atoms with Crippen LogP contribution < -0.4 is 5.32 Å². The Morgan fingerprint density at radius 3 is 2.95 bits per heavy atom. The predicted molar refractivity (Wildman–Crippen MR) is 67.8 cm³/mol. The van der Waals surface area contributed by atoms with Crippen LogP contribution in [0, 0.1) is 23.0 Å². The van der Waals surface area contributed by atoms with Gasteiger partial charge in [0.05, 0.1) is 6.54 Å². The third-order valence-corrected chi connectivity index (χ3v) is 3.43. The van der Waals surface area contributed by atoms with Crippen LogP contribution in [0.5, 0.6) is 0 Å². The second-order valence-corrected chi connectivity index (χ2v) is 4.72. The molecule has 1 aromatic heterocycles. The average molecular weight is 274 g/mol. The Morgan fingerprint density at radius 2 is 2.20 bits per heavy atom. The molecule has 1 aliphatic rings. The van der Waals surface area contributed by atoms with Gasteiger partial charge in [0.1, 0.15) is 6.07 Å². The number of benzene rings is 1. The lowest BCUT2D eigenvalue weighted by atomic mass is 10.1. The first kappa shape index (κ1) is 12.8. The molecule has 0 bridgehead atoms. The standard InChI is InChI=1S/C14H12F2N4/c15-11-2-1-9(5-12(11)16)8-20-14-3-4-18-7-10(14)13(6-17)19-20/h1-2,5,18H,3-4,7-8H2. The molecule has 0 fully saturated rings. The van der Waals surface area contributed by atoms with Gasteiger partial charge in [-0.2, -0.15) is 10.4 Å². The van der Waals surface area contributed by atoms with Crippen molar-refractivity contribution in [2.45, 2.75) is 19.5 Å². The van der Waals surface area contributed by atoms with E-state index in [0.717, 1.165) is 36.4 Å². The highest BCUT2D eigenvalue weighted by atomic mass is 19.2. The molecule has 0 amide bonds. The maximum Gasteiger partial charge on any atom is 0.167 e. The maximum atomic E-state index is 13.2. The molecule has 0 spiro atoms. The van der Waals surface area contributed by atoms with Crippen molar-refractivity contribution in [1.82, 2.24) is 15.1 Å². The fraction of sp³-hybridized carbons (Fsp3) is 0.286. The van der Waals surface area contributed by atoms with E-state index in [-0.39, 0.29) is 0 Å². The molecule has 0 aliphatic carbocycles. The molecule has 102 valence electrons. The molecule has 0 atom stereocenters. The Bertz CT molecular complexity index is 700. The summed E-state index contributed by atoms with van der Waals surface area (Å²) in [6, 6.07) is 5.87. The highest BCUT2D eigenvalue weighted by Gasteiger charge is 2.20. The first-order chi connectivity index (χ1) is 9.69. The number of hydrogen-bond donors (Lipinski definition) is 1. The van der Waals surface area contributed by atoms with E-state index in [1.165, 1.54) is 6.07 Å². The number of nitrogens with zero attached hydrogens (tertiary/aromatic N) is 3. The smallest absolute Gasteiger partial charge is 0.167 e. The van der Waals surface area contributed by atoms with Gasteiger partial charge in [0.2, 0.25) is 0 Å². The number of aromatic nitrogens is 2. The van der Waals surface area contributed by atoms with Gasteiger partial charge in [0.25, 0.3) is 0 Å². The van der Waals surface area contributed by atoms with Crippen molar-refractivity contribution in [3.05, 3.63) is 52.3 Å². The van der Waals surface area contributed by atoms with Gasteiger partial charge in [0.15, 0.2) is 17.3 Å². The van der Waals surface area contributed by atoms with Crippen molar-refractivity contribution in [2.75, 3.05) is 6.54 Å². The number of hydrogen-bond acceptors (Lipinski definition) is 3. The van der Waals surface area contributed by atoms with Gasteiger partial charge in [-0.3, -0.25) is 4.68 Å². The molecule has 0 saturated heterocycles. The minimum atomic E-state index is -0.870. The van der Waals surface area contributed by atoms with Crippen molar-refractivity contribution in [3.8, 4) is 6.07 Å². The summed E-state index contributed by atoms with van der Waals surface area (Å²) in [7, 11) is 0. The average Bonchev–Trinajstić information content (AvgIpc) is 2.81. The molecule has 3 rings (SSSR count). The van der Waals surface area contributed by atoms with Crippen LogP contribution in [0.2, 0.25) is 0 Å². The lowest BCUT2D eigenvalue weighted by molar-refractivity contribution is 0.505. The van der Waals surface area contributed by atoms with E-state index in [4.69, 9.17) is 5.26 Å². The quantitative estimate of drug-likeness (QED) is 0.907. The highest BCUT2D eigenvalue weighted by Crippen LogP contribution is 2.19. The molecule has 4 nitrogen and oxygen atoms in total. The van der Waals surface area contributed by atoms with Crippen molar-refractivity contribution in [1.29, 1.82) is 5.26 Å². The summed E-state index contributed by atoms with van der Waals surface area (Å²) in [6.45, 7) is 1.78. The van der Waals surface area contributed by atoms with Gasteiger partial charge < -0.3 is 5.32 Å². The summed E-state index contributed by atoms with van der Waals surface area (Å²) in [6.07, 6.45) is 0.772. The second-order valence-electron chi connectivity index (χ2n) is 4.72. The Labute approximate surface area is 114 Å². The topological polar surface area (TPSA) is 53.6 Å². The Morgan fingerprint density at radius 1 is 1.35 bits per heavy atom. The normalized spacial score (nSPS) is 13.8. The monoisotopic (exact) mass is 274 g/mol. The minimum absolute atomic E-state index is 0.335. The summed E-state index contributed by atoms with van der Waals surface area (Å²) in [5.41, 5.74) is 2.92. The zero-order chi connectivity index (χ0) is 14.1. The van der Waals surface area contributed by atoms with Crippen LogP contribution in [0.3, 0.4) is 0 Å². The molecule has 20 heavy (non-hydrogen) atoms. The van der Waals surface area contributed by atoms with Crippen LogP contribution >= 0.6 is 0 Å². The van der Waals surface area contributed by atoms with Gasteiger partial charge in [-0.05, 0) is 17.7 Å². The fourth-order valence-electron chi connectivity index (χ4n) is 2.45. The Hall–Kier alpha value is -2.26. The minimum Gasteiger partial charge on any atom is -0.312 e. The summed E-state index contributed by atoms with van der Waals surface area (Å²) in [5.74, 6) is -1.73. The van der Waals surface area contributed by atoms with Crippen LogP contribution in [0.4, 0.5) is 8.78 Å². The van der Waals surface area contributed by atoms with Crippen LogP contribution in [-0.2, 0) is 19.5 Å². The molecule has 1 aliphatic heterocycles. The third kappa shape index (κ3) is 2.17. The van der Waals surface area contributed by atoms with Gasteiger partial charge in [-0.25, -0.2) is 8.78 Å². The van der Waals surface area contributed by atoms with E-state index in [1.807, 2.05) is 0 Å². The second kappa shape index (κ2) is 5.02. The molecule has 2 aromatic rings. The fourth-order valence-corrected chi connectivity index (χ4v) is 2.45. The Kier molecular flexibility index (Phi) is 3.20. The van der Waals surface area contributed by atoms with E-state index in [0.29, 0.717) is 24.3 Å². The molecule has 1 N–H and O–H groups in total. The summed E-state index contributed by atoms with van der Waals surface area (Å²) in [5, 5.41) is 16.5.